The highest BCUT2D eigenvalue weighted by Crippen LogP contribution is 2.24. The van der Waals surface area contributed by atoms with Crippen molar-refractivity contribution in [3.63, 3.8) is 0 Å². The van der Waals surface area contributed by atoms with Crippen molar-refractivity contribution in [1.82, 2.24) is 4.98 Å². The lowest BCUT2D eigenvalue weighted by atomic mass is 10.3. The number of hydrogen-bond acceptors (Lipinski definition) is 4. The molecule has 0 aliphatic carbocycles. The Hall–Kier alpha value is -1.78. The Bertz CT molecular complexity index is 543. The molecule has 0 amide bonds. The minimum absolute atomic E-state index is 0.223. The quantitative estimate of drug-likeness (QED) is 0.911. The van der Waals surface area contributed by atoms with Crippen LogP contribution in [0.3, 0.4) is 0 Å². The second kappa shape index (κ2) is 6.41. The van der Waals surface area contributed by atoms with Gasteiger partial charge in [-0.15, -0.1) is 0 Å². The van der Waals surface area contributed by atoms with Gasteiger partial charge in [0.2, 0.25) is 5.88 Å². The van der Waals surface area contributed by atoms with Gasteiger partial charge in [-0.2, -0.15) is 0 Å². The first kappa shape index (κ1) is 13.6. The zero-order chi connectivity index (χ0) is 13.7. The van der Waals surface area contributed by atoms with E-state index in [1.165, 1.54) is 0 Å². The normalized spacial score (nSPS) is 10.3. The molecule has 0 radical (unpaired) electrons. The Morgan fingerprint density at radius 3 is 2.42 bits per heavy atom. The zero-order valence-electron chi connectivity index (χ0n) is 10.5. The number of ether oxygens (including phenoxy) is 2. The molecule has 1 aromatic heterocycles. The summed E-state index contributed by atoms with van der Waals surface area (Å²) in [6.45, 7) is 2.33. The molecule has 0 saturated carbocycles. The zero-order valence-corrected chi connectivity index (χ0v) is 11.2. The van der Waals surface area contributed by atoms with E-state index in [9.17, 15) is 0 Å². The average Bonchev–Trinajstić information content (AvgIpc) is 2.43. The topological polar surface area (TPSA) is 51.6 Å². The van der Waals surface area contributed by atoms with Crippen molar-refractivity contribution in [3.8, 4) is 17.4 Å². The Balaban J connectivity index is 2.12. The van der Waals surface area contributed by atoms with Crippen LogP contribution in [0, 0.1) is 0 Å². The highest BCUT2D eigenvalue weighted by molar-refractivity contribution is 6.31. The maximum absolute atomic E-state index is 9.09. The van der Waals surface area contributed by atoms with Gasteiger partial charge < -0.3 is 14.6 Å². The van der Waals surface area contributed by atoms with Gasteiger partial charge in [0.1, 0.15) is 11.5 Å². The van der Waals surface area contributed by atoms with Gasteiger partial charge in [0.05, 0.1) is 23.9 Å². The molecule has 0 fully saturated rings. The van der Waals surface area contributed by atoms with Gasteiger partial charge in [-0.05, 0) is 37.3 Å². The van der Waals surface area contributed by atoms with Crippen molar-refractivity contribution in [3.05, 3.63) is 47.1 Å². The SMILES string of the molecule is CCOc1ccc(Oc2ccc(Cl)c(CO)n2)cc1. The standard InChI is InChI=1S/C14H14ClNO3/c1-2-18-10-3-5-11(6-4-10)19-14-8-7-12(15)13(9-17)16-14/h3-8,17H,2,9H2,1H3. The van der Waals surface area contributed by atoms with Crippen molar-refractivity contribution < 1.29 is 14.6 Å². The van der Waals surface area contributed by atoms with Gasteiger partial charge in [-0.3, -0.25) is 0 Å². The van der Waals surface area contributed by atoms with E-state index < -0.39 is 0 Å². The van der Waals surface area contributed by atoms with E-state index >= 15 is 0 Å². The van der Waals surface area contributed by atoms with E-state index in [2.05, 4.69) is 4.98 Å². The van der Waals surface area contributed by atoms with Crippen LogP contribution >= 0.6 is 11.6 Å². The maximum atomic E-state index is 9.09. The molecule has 1 heterocycles. The van der Waals surface area contributed by atoms with E-state index in [-0.39, 0.29) is 6.61 Å². The highest BCUT2D eigenvalue weighted by atomic mass is 35.5. The Labute approximate surface area is 116 Å². The number of halogens is 1. The predicted molar refractivity (Wildman–Crippen MR) is 72.9 cm³/mol. The molecule has 1 aromatic carbocycles. The molecule has 4 nitrogen and oxygen atoms in total. The molecule has 0 aliphatic heterocycles. The molecule has 0 spiro atoms. The fourth-order valence-electron chi connectivity index (χ4n) is 1.52. The number of rotatable bonds is 5. The third-order valence-electron chi connectivity index (χ3n) is 2.40. The summed E-state index contributed by atoms with van der Waals surface area (Å²) < 4.78 is 10.9. The fourth-order valence-corrected chi connectivity index (χ4v) is 1.69. The molecule has 2 rings (SSSR count). The first-order valence-electron chi connectivity index (χ1n) is 5.90. The highest BCUT2D eigenvalue weighted by Gasteiger charge is 2.05. The first-order valence-corrected chi connectivity index (χ1v) is 6.27. The van der Waals surface area contributed by atoms with E-state index in [0.29, 0.717) is 29.0 Å². The summed E-state index contributed by atoms with van der Waals surface area (Å²) in [5, 5.41) is 9.50. The van der Waals surface area contributed by atoms with Crippen LogP contribution in [-0.4, -0.2) is 16.7 Å². The van der Waals surface area contributed by atoms with Crippen LogP contribution in [0.4, 0.5) is 0 Å². The Morgan fingerprint density at radius 1 is 1.11 bits per heavy atom. The first-order chi connectivity index (χ1) is 9.22. The summed E-state index contributed by atoms with van der Waals surface area (Å²) in [5.74, 6) is 1.81. The molecule has 1 N–H and O–H groups in total. The fraction of sp³-hybridized carbons (Fsp3) is 0.214. The van der Waals surface area contributed by atoms with E-state index in [0.717, 1.165) is 5.75 Å². The van der Waals surface area contributed by atoms with Gasteiger partial charge in [-0.1, -0.05) is 11.6 Å². The smallest absolute Gasteiger partial charge is 0.219 e. The lowest BCUT2D eigenvalue weighted by Gasteiger charge is -2.08. The Morgan fingerprint density at radius 2 is 1.79 bits per heavy atom. The van der Waals surface area contributed by atoms with Gasteiger partial charge in [0.15, 0.2) is 0 Å². The number of aliphatic hydroxyl groups excluding tert-OH is 1. The minimum atomic E-state index is -0.223. The summed E-state index contributed by atoms with van der Waals surface area (Å²) in [4.78, 5) is 4.11. The number of benzene rings is 1. The second-order valence-corrected chi connectivity index (χ2v) is 4.15. The molecule has 0 atom stereocenters. The average molecular weight is 280 g/mol. The van der Waals surface area contributed by atoms with Crippen molar-refractivity contribution in [2.24, 2.45) is 0 Å². The summed E-state index contributed by atoms with van der Waals surface area (Å²) in [7, 11) is 0. The molecule has 100 valence electrons. The third kappa shape index (κ3) is 3.59. The summed E-state index contributed by atoms with van der Waals surface area (Å²) in [6, 6.07) is 10.5. The summed E-state index contributed by atoms with van der Waals surface area (Å²) in [6.07, 6.45) is 0. The summed E-state index contributed by atoms with van der Waals surface area (Å²) >= 11 is 5.86. The largest absolute Gasteiger partial charge is 0.494 e. The van der Waals surface area contributed by atoms with Gasteiger partial charge in [0.25, 0.3) is 0 Å². The maximum Gasteiger partial charge on any atom is 0.219 e. The van der Waals surface area contributed by atoms with Crippen molar-refractivity contribution >= 4 is 11.6 Å². The molecule has 0 unspecified atom stereocenters. The van der Waals surface area contributed by atoms with Crippen LogP contribution in [0.1, 0.15) is 12.6 Å². The third-order valence-corrected chi connectivity index (χ3v) is 2.74. The molecule has 5 heteroatoms. The van der Waals surface area contributed by atoms with E-state index in [4.69, 9.17) is 26.2 Å². The van der Waals surface area contributed by atoms with Crippen LogP contribution < -0.4 is 9.47 Å². The van der Waals surface area contributed by atoms with Gasteiger partial charge in [0, 0.05) is 6.07 Å². The minimum Gasteiger partial charge on any atom is -0.494 e. The number of aliphatic hydroxyl groups is 1. The Kier molecular flexibility index (Phi) is 4.60. The van der Waals surface area contributed by atoms with E-state index in [1.807, 2.05) is 19.1 Å². The van der Waals surface area contributed by atoms with Crippen LogP contribution in [0.25, 0.3) is 0 Å². The second-order valence-electron chi connectivity index (χ2n) is 3.74. The lowest BCUT2D eigenvalue weighted by molar-refractivity contribution is 0.275. The molecular formula is C14H14ClNO3. The number of aromatic nitrogens is 1. The number of hydrogen-bond donors (Lipinski definition) is 1. The molecule has 19 heavy (non-hydrogen) atoms. The lowest BCUT2D eigenvalue weighted by Crippen LogP contribution is -1.95. The van der Waals surface area contributed by atoms with E-state index in [1.54, 1.807) is 24.3 Å². The van der Waals surface area contributed by atoms with Crippen molar-refractivity contribution in [2.75, 3.05) is 6.61 Å². The molecule has 0 saturated heterocycles. The van der Waals surface area contributed by atoms with Crippen molar-refractivity contribution in [1.29, 1.82) is 0 Å². The molecule has 2 aromatic rings. The molecule has 0 aliphatic rings. The monoisotopic (exact) mass is 279 g/mol. The van der Waals surface area contributed by atoms with Crippen LogP contribution in [-0.2, 0) is 6.61 Å². The molecule has 0 bridgehead atoms. The molecular weight excluding hydrogens is 266 g/mol. The van der Waals surface area contributed by atoms with Gasteiger partial charge in [-0.25, -0.2) is 4.98 Å². The van der Waals surface area contributed by atoms with Crippen LogP contribution in [0.5, 0.6) is 17.4 Å². The number of nitrogens with zero attached hydrogens (tertiary/aromatic N) is 1. The number of pyridine rings is 1. The van der Waals surface area contributed by atoms with Crippen LogP contribution in [0.2, 0.25) is 5.02 Å². The summed E-state index contributed by atoms with van der Waals surface area (Å²) in [5.41, 5.74) is 0.394. The van der Waals surface area contributed by atoms with Crippen molar-refractivity contribution in [2.45, 2.75) is 13.5 Å². The predicted octanol–water partition coefficient (Wildman–Crippen LogP) is 3.42. The van der Waals surface area contributed by atoms with Gasteiger partial charge >= 0.3 is 0 Å². The van der Waals surface area contributed by atoms with Crippen LogP contribution in [0.15, 0.2) is 36.4 Å².